The lowest BCUT2D eigenvalue weighted by molar-refractivity contribution is -0.132. The standard InChI is InChI=1S/C12H20N4O/c1-9-7-13-12(14-9)10-5-4-6-16(10)11(17)8-15(2)3/h7,10H,4-6,8H2,1-3H3,(H,13,14)/t10-/m0/s1. The molecule has 1 aromatic heterocycles. The van der Waals surface area contributed by atoms with Crippen molar-refractivity contribution in [1.29, 1.82) is 0 Å². The smallest absolute Gasteiger partial charge is 0.237 e. The minimum Gasteiger partial charge on any atom is -0.344 e. The fraction of sp³-hybridized carbons (Fsp3) is 0.667. The first-order valence-electron chi connectivity index (χ1n) is 6.03. The molecular formula is C12H20N4O. The van der Waals surface area contributed by atoms with Crippen LogP contribution in [0.5, 0.6) is 0 Å². The van der Waals surface area contributed by atoms with E-state index >= 15 is 0 Å². The summed E-state index contributed by atoms with van der Waals surface area (Å²) >= 11 is 0. The third-order valence-electron chi connectivity index (χ3n) is 3.06. The molecule has 0 aromatic carbocycles. The molecule has 1 fully saturated rings. The van der Waals surface area contributed by atoms with Gasteiger partial charge >= 0.3 is 0 Å². The molecule has 94 valence electrons. The van der Waals surface area contributed by atoms with Crippen LogP contribution in [-0.4, -0.2) is 52.9 Å². The van der Waals surface area contributed by atoms with Crippen LogP contribution < -0.4 is 0 Å². The monoisotopic (exact) mass is 236 g/mol. The average molecular weight is 236 g/mol. The average Bonchev–Trinajstić information content (AvgIpc) is 2.83. The fourth-order valence-corrected chi connectivity index (χ4v) is 2.31. The molecule has 5 heteroatoms. The first-order valence-corrected chi connectivity index (χ1v) is 6.03. The largest absolute Gasteiger partial charge is 0.344 e. The van der Waals surface area contributed by atoms with E-state index in [-0.39, 0.29) is 11.9 Å². The van der Waals surface area contributed by atoms with E-state index in [9.17, 15) is 4.79 Å². The van der Waals surface area contributed by atoms with E-state index in [0.29, 0.717) is 6.54 Å². The number of nitrogens with one attached hydrogen (secondary N) is 1. The molecule has 1 atom stereocenters. The van der Waals surface area contributed by atoms with E-state index in [1.165, 1.54) is 0 Å². The number of aromatic amines is 1. The van der Waals surface area contributed by atoms with Gasteiger partial charge in [-0.05, 0) is 33.9 Å². The maximum absolute atomic E-state index is 12.1. The van der Waals surface area contributed by atoms with Crippen LogP contribution in [0.15, 0.2) is 6.20 Å². The summed E-state index contributed by atoms with van der Waals surface area (Å²) in [5.74, 6) is 1.11. The number of nitrogens with zero attached hydrogens (tertiary/aromatic N) is 3. The minimum absolute atomic E-state index is 0.135. The summed E-state index contributed by atoms with van der Waals surface area (Å²) in [6, 6.07) is 0.135. The number of amides is 1. The lowest BCUT2D eigenvalue weighted by atomic mass is 10.2. The van der Waals surface area contributed by atoms with E-state index in [1.54, 1.807) is 0 Å². The molecule has 1 aromatic rings. The molecule has 1 amide bonds. The molecular weight excluding hydrogens is 216 g/mol. The second kappa shape index (κ2) is 4.87. The summed E-state index contributed by atoms with van der Waals surface area (Å²) in [6.45, 7) is 3.30. The van der Waals surface area contributed by atoms with Gasteiger partial charge in [-0.25, -0.2) is 4.98 Å². The Bertz CT molecular complexity index is 399. The molecule has 1 saturated heterocycles. The number of carbonyl (C=O) groups is 1. The molecule has 2 heterocycles. The van der Waals surface area contributed by atoms with Crippen LogP contribution in [-0.2, 0) is 4.79 Å². The number of aryl methyl sites for hydroxylation is 1. The molecule has 17 heavy (non-hydrogen) atoms. The van der Waals surface area contributed by atoms with E-state index in [2.05, 4.69) is 9.97 Å². The lowest BCUT2D eigenvalue weighted by Crippen LogP contribution is -2.37. The molecule has 0 saturated carbocycles. The number of rotatable bonds is 3. The first kappa shape index (κ1) is 12.1. The second-order valence-corrected chi connectivity index (χ2v) is 4.93. The Hall–Kier alpha value is -1.36. The molecule has 2 rings (SSSR count). The van der Waals surface area contributed by atoms with E-state index in [4.69, 9.17) is 0 Å². The third-order valence-corrected chi connectivity index (χ3v) is 3.06. The number of hydrogen-bond donors (Lipinski definition) is 1. The van der Waals surface area contributed by atoms with E-state index in [0.717, 1.165) is 30.9 Å². The summed E-state index contributed by atoms with van der Waals surface area (Å²) in [4.78, 5) is 23.5. The van der Waals surface area contributed by atoms with Crippen molar-refractivity contribution in [3.05, 3.63) is 17.7 Å². The van der Waals surface area contributed by atoms with Gasteiger partial charge in [-0.1, -0.05) is 0 Å². The number of hydrogen-bond acceptors (Lipinski definition) is 3. The molecule has 1 aliphatic rings. The van der Waals surface area contributed by atoms with E-state index < -0.39 is 0 Å². The number of likely N-dealkylation sites (N-methyl/N-ethyl adjacent to an activating group) is 1. The van der Waals surface area contributed by atoms with Crippen molar-refractivity contribution in [2.24, 2.45) is 0 Å². The highest BCUT2D eigenvalue weighted by Gasteiger charge is 2.31. The highest BCUT2D eigenvalue weighted by molar-refractivity contribution is 5.78. The third kappa shape index (κ3) is 2.66. The zero-order chi connectivity index (χ0) is 12.4. The van der Waals surface area contributed by atoms with Gasteiger partial charge in [-0.2, -0.15) is 0 Å². The van der Waals surface area contributed by atoms with Crippen molar-refractivity contribution < 1.29 is 4.79 Å². The maximum atomic E-state index is 12.1. The summed E-state index contributed by atoms with van der Waals surface area (Å²) in [7, 11) is 3.83. The second-order valence-electron chi connectivity index (χ2n) is 4.93. The predicted molar refractivity (Wildman–Crippen MR) is 65.6 cm³/mol. The SMILES string of the molecule is Cc1cnc([C@@H]2CCCN2C(=O)CN(C)C)[nH]1. The van der Waals surface area contributed by atoms with Crippen LogP contribution in [0.1, 0.15) is 30.4 Å². The molecule has 0 unspecified atom stereocenters. The minimum atomic E-state index is 0.135. The zero-order valence-corrected chi connectivity index (χ0v) is 10.7. The Kier molecular flexibility index (Phi) is 3.47. The summed E-state index contributed by atoms with van der Waals surface area (Å²) < 4.78 is 0. The lowest BCUT2D eigenvalue weighted by Gasteiger charge is -2.24. The van der Waals surface area contributed by atoms with Gasteiger partial charge in [0.15, 0.2) is 0 Å². The van der Waals surface area contributed by atoms with Crippen LogP contribution in [0.2, 0.25) is 0 Å². The Morgan fingerprint density at radius 3 is 3.00 bits per heavy atom. The van der Waals surface area contributed by atoms with Crippen LogP contribution >= 0.6 is 0 Å². The van der Waals surface area contributed by atoms with Gasteiger partial charge in [0.2, 0.25) is 5.91 Å². The van der Waals surface area contributed by atoms with Gasteiger partial charge < -0.3 is 14.8 Å². The van der Waals surface area contributed by atoms with Gasteiger partial charge in [-0.15, -0.1) is 0 Å². The summed E-state index contributed by atoms with van der Waals surface area (Å²) in [6.07, 6.45) is 3.89. The topological polar surface area (TPSA) is 52.2 Å². The number of H-pyrrole nitrogens is 1. The van der Waals surface area contributed by atoms with Crippen LogP contribution in [0.25, 0.3) is 0 Å². The van der Waals surface area contributed by atoms with Gasteiger partial charge in [0.05, 0.1) is 12.6 Å². The Balaban J connectivity index is 2.09. The van der Waals surface area contributed by atoms with Gasteiger partial charge in [0.1, 0.15) is 5.82 Å². The summed E-state index contributed by atoms with van der Waals surface area (Å²) in [5, 5.41) is 0. The Labute approximate surface area is 102 Å². The van der Waals surface area contributed by atoms with Crippen molar-refractivity contribution in [2.75, 3.05) is 27.2 Å². The number of aromatic nitrogens is 2. The molecule has 1 N–H and O–H groups in total. The Morgan fingerprint density at radius 2 is 2.41 bits per heavy atom. The van der Waals surface area contributed by atoms with Crippen molar-refractivity contribution >= 4 is 5.91 Å². The number of likely N-dealkylation sites (tertiary alicyclic amines) is 1. The van der Waals surface area contributed by atoms with Gasteiger partial charge in [0, 0.05) is 18.4 Å². The quantitative estimate of drug-likeness (QED) is 0.850. The molecule has 0 aliphatic carbocycles. The van der Waals surface area contributed by atoms with Gasteiger partial charge in [-0.3, -0.25) is 4.79 Å². The molecule has 0 bridgehead atoms. The normalized spacial score (nSPS) is 20.2. The highest BCUT2D eigenvalue weighted by Crippen LogP contribution is 2.29. The first-order chi connectivity index (χ1) is 8.08. The van der Waals surface area contributed by atoms with Crippen molar-refractivity contribution in [1.82, 2.24) is 19.8 Å². The van der Waals surface area contributed by atoms with Crippen molar-refractivity contribution in [2.45, 2.75) is 25.8 Å². The zero-order valence-electron chi connectivity index (χ0n) is 10.7. The van der Waals surface area contributed by atoms with Crippen molar-refractivity contribution in [3.8, 4) is 0 Å². The van der Waals surface area contributed by atoms with Crippen LogP contribution in [0.4, 0.5) is 0 Å². The van der Waals surface area contributed by atoms with Crippen molar-refractivity contribution in [3.63, 3.8) is 0 Å². The number of imidazole rings is 1. The van der Waals surface area contributed by atoms with Crippen LogP contribution in [0, 0.1) is 6.92 Å². The Morgan fingerprint density at radius 1 is 1.65 bits per heavy atom. The summed E-state index contributed by atoms with van der Waals surface area (Å²) in [5.41, 5.74) is 1.05. The fourth-order valence-electron chi connectivity index (χ4n) is 2.31. The van der Waals surface area contributed by atoms with Gasteiger partial charge in [0.25, 0.3) is 0 Å². The molecule has 5 nitrogen and oxygen atoms in total. The molecule has 0 radical (unpaired) electrons. The highest BCUT2D eigenvalue weighted by atomic mass is 16.2. The predicted octanol–water partition coefficient (Wildman–Crippen LogP) is 0.943. The maximum Gasteiger partial charge on any atom is 0.237 e. The van der Waals surface area contributed by atoms with E-state index in [1.807, 2.05) is 37.0 Å². The molecule has 1 aliphatic heterocycles. The van der Waals surface area contributed by atoms with Crippen LogP contribution in [0.3, 0.4) is 0 Å². The number of carbonyl (C=O) groups excluding carboxylic acids is 1. The molecule has 0 spiro atoms.